The monoisotopic (exact) mass is 353 g/mol. The maximum absolute atomic E-state index is 13.2. The smallest absolute Gasteiger partial charge is 0.131 e. The highest BCUT2D eigenvalue weighted by Gasteiger charge is 2.06. The first-order valence-corrected chi connectivity index (χ1v) is 7.40. The summed E-state index contributed by atoms with van der Waals surface area (Å²) in [4.78, 5) is 0. The van der Waals surface area contributed by atoms with E-state index in [-0.39, 0.29) is 5.82 Å². The van der Waals surface area contributed by atoms with Crippen LogP contribution in [-0.4, -0.2) is 20.3 Å². The normalized spacial score (nSPS) is 10.6. The Bertz CT molecular complexity index is 592. The molecule has 112 valence electrons. The highest BCUT2D eigenvalue weighted by molar-refractivity contribution is 9.10. The van der Waals surface area contributed by atoms with Gasteiger partial charge >= 0.3 is 0 Å². The molecular weight excluding hydrogens is 337 g/mol. The summed E-state index contributed by atoms with van der Waals surface area (Å²) in [5.74, 6) is 0.869. The second kappa shape index (κ2) is 8.12. The molecule has 0 atom stereocenters. The third kappa shape index (κ3) is 5.12. The molecule has 2 rings (SSSR count). The lowest BCUT2D eigenvalue weighted by Gasteiger charge is -2.12. The Morgan fingerprint density at radius 2 is 2.05 bits per heavy atom. The van der Waals surface area contributed by atoms with Crippen LogP contribution in [0.5, 0.6) is 11.5 Å². The summed E-state index contributed by atoms with van der Waals surface area (Å²) in [7, 11) is 1.67. The van der Waals surface area contributed by atoms with Gasteiger partial charge in [0.2, 0.25) is 0 Å². The average molecular weight is 354 g/mol. The first kappa shape index (κ1) is 15.9. The molecule has 2 aromatic carbocycles. The fourth-order valence-corrected chi connectivity index (χ4v) is 2.25. The molecule has 0 saturated carbocycles. The predicted octanol–water partition coefficient (Wildman–Crippen LogP) is 4.12. The van der Waals surface area contributed by atoms with Crippen molar-refractivity contribution in [1.29, 1.82) is 0 Å². The molecule has 0 unspecified atom stereocenters. The number of halogens is 2. The van der Waals surface area contributed by atoms with E-state index in [9.17, 15) is 4.39 Å². The van der Waals surface area contributed by atoms with Crippen molar-refractivity contribution in [2.45, 2.75) is 6.54 Å². The number of hydrogen-bond donors (Lipinski definition) is 1. The fourth-order valence-electron chi connectivity index (χ4n) is 1.84. The molecule has 0 fully saturated rings. The topological polar surface area (TPSA) is 30.5 Å². The zero-order valence-electron chi connectivity index (χ0n) is 11.7. The second-order valence-electron chi connectivity index (χ2n) is 4.48. The number of nitrogens with one attached hydrogen (secondary N) is 1. The van der Waals surface area contributed by atoms with Crippen molar-refractivity contribution >= 4 is 15.9 Å². The molecule has 0 saturated heterocycles. The Morgan fingerprint density at radius 3 is 2.81 bits per heavy atom. The lowest BCUT2D eigenvalue weighted by molar-refractivity contribution is 0.199. The van der Waals surface area contributed by atoms with E-state index in [4.69, 9.17) is 9.47 Å². The van der Waals surface area contributed by atoms with E-state index in [0.717, 1.165) is 16.6 Å². The Balaban J connectivity index is 2.10. The molecule has 0 aliphatic rings. The van der Waals surface area contributed by atoms with Crippen LogP contribution in [0.2, 0.25) is 0 Å². The number of benzene rings is 2. The molecule has 1 N–H and O–H groups in total. The van der Waals surface area contributed by atoms with Gasteiger partial charge in [-0.25, -0.2) is 4.39 Å². The van der Waals surface area contributed by atoms with Crippen molar-refractivity contribution < 1.29 is 13.9 Å². The van der Waals surface area contributed by atoms with Crippen LogP contribution in [0.4, 0.5) is 4.39 Å². The van der Waals surface area contributed by atoms with Crippen LogP contribution < -0.4 is 10.1 Å². The van der Waals surface area contributed by atoms with Gasteiger partial charge in [0.1, 0.15) is 17.3 Å². The predicted molar refractivity (Wildman–Crippen MR) is 84.2 cm³/mol. The summed E-state index contributed by atoms with van der Waals surface area (Å²) < 4.78 is 24.9. The van der Waals surface area contributed by atoms with Crippen LogP contribution in [0.25, 0.3) is 0 Å². The van der Waals surface area contributed by atoms with Crippen molar-refractivity contribution in [3.63, 3.8) is 0 Å². The van der Waals surface area contributed by atoms with Gasteiger partial charge in [0.25, 0.3) is 0 Å². The van der Waals surface area contributed by atoms with Crippen molar-refractivity contribution in [1.82, 2.24) is 5.32 Å². The van der Waals surface area contributed by atoms with Gasteiger partial charge < -0.3 is 14.8 Å². The van der Waals surface area contributed by atoms with Gasteiger partial charge in [-0.15, -0.1) is 0 Å². The maximum atomic E-state index is 13.2. The van der Waals surface area contributed by atoms with Gasteiger partial charge in [0, 0.05) is 36.3 Å². The van der Waals surface area contributed by atoms with Gasteiger partial charge in [-0.2, -0.15) is 0 Å². The van der Waals surface area contributed by atoms with Crippen LogP contribution in [0.15, 0.2) is 46.9 Å². The number of hydrogen-bond acceptors (Lipinski definition) is 3. The van der Waals surface area contributed by atoms with Crippen LogP contribution >= 0.6 is 15.9 Å². The minimum Gasteiger partial charge on any atom is -0.457 e. The number of ether oxygens (including phenoxy) is 2. The van der Waals surface area contributed by atoms with Crippen LogP contribution in [0, 0.1) is 5.82 Å². The molecule has 5 heteroatoms. The van der Waals surface area contributed by atoms with E-state index in [2.05, 4.69) is 21.2 Å². The lowest BCUT2D eigenvalue weighted by atomic mass is 10.2. The standard InChI is InChI=1S/C16H17BrFNO2/c1-20-8-7-19-11-12-9-13(17)5-6-16(12)21-15-4-2-3-14(18)10-15/h2-6,9-10,19H,7-8,11H2,1H3. The SMILES string of the molecule is COCCNCc1cc(Br)ccc1Oc1cccc(F)c1. The zero-order chi connectivity index (χ0) is 15.1. The minimum absolute atomic E-state index is 0.315. The van der Waals surface area contributed by atoms with E-state index in [1.54, 1.807) is 19.2 Å². The molecule has 2 aromatic rings. The molecule has 0 radical (unpaired) electrons. The van der Waals surface area contributed by atoms with Gasteiger partial charge in [-0.05, 0) is 30.3 Å². The number of rotatable bonds is 7. The summed E-state index contributed by atoms with van der Waals surface area (Å²) in [6, 6.07) is 11.9. The lowest BCUT2D eigenvalue weighted by Crippen LogP contribution is -2.18. The van der Waals surface area contributed by atoms with Crippen molar-refractivity contribution in [2.24, 2.45) is 0 Å². The van der Waals surface area contributed by atoms with Gasteiger partial charge in [0.05, 0.1) is 6.61 Å². The first-order valence-electron chi connectivity index (χ1n) is 6.60. The van der Waals surface area contributed by atoms with Gasteiger partial charge in [-0.3, -0.25) is 0 Å². The molecule has 3 nitrogen and oxygen atoms in total. The minimum atomic E-state index is -0.315. The summed E-state index contributed by atoms with van der Waals surface area (Å²) in [6.45, 7) is 2.05. The molecular formula is C16H17BrFNO2. The van der Waals surface area contributed by atoms with E-state index >= 15 is 0 Å². The Kier molecular flexibility index (Phi) is 6.17. The first-order chi connectivity index (χ1) is 10.2. The molecule has 0 aromatic heterocycles. The van der Waals surface area contributed by atoms with E-state index in [1.165, 1.54) is 12.1 Å². The van der Waals surface area contributed by atoms with Crippen LogP contribution in [-0.2, 0) is 11.3 Å². The Labute approximate surface area is 132 Å². The summed E-state index contributed by atoms with van der Waals surface area (Å²) in [5, 5.41) is 3.27. The van der Waals surface area contributed by atoms with Crippen molar-refractivity contribution in [3.8, 4) is 11.5 Å². The third-order valence-corrected chi connectivity index (χ3v) is 3.34. The van der Waals surface area contributed by atoms with Crippen LogP contribution in [0.3, 0.4) is 0 Å². The highest BCUT2D eigenvalue weighted by Crippen LogP contribution is 2.28. The molecule has 0 heterocycles. The van der Waals surface area contributed by atoms with Gasteiger partial charge in [-0.1, -0.05) is 22.0 Å². The highest BCUT2D eigenvalue weighted by atomic mass is 79.9. The van der Waals surface area contributed by atoms with Crippen molar-refractivity contribution in [3.05, 3.63) is 58.3 Å². The quantitative estimate of drug-likeness (QED) is 0.759. The van der Waals surface area contributed by atoms with Crippen molar-refractivity contribution in [2.75, 3.05) is 20.3 Å². The zero-order valence-corrected chi connectivity index (χ0v) is 13.3. The molecule has 0 amide bonds. The molecule has 21 heavy (non-hydrogen) atoms. The van der Waals surface area contributed by atoms with E-state index in [1.807, 2.05) is 18.2 Å². The Morgan fingerprint density at radius 1 is 1.19 bits per heavy atom. The average Bonchev–Trinajstić information content (AvgIpc) is 2.46. The number of methoxy groups -OCH3 is 1. The summed E-state index contributed by atoms with van der Waals surface area (Å²) in [6.07, 6.45) is 0. The molecule has 0 aliphatic carbocycles. The van der Waals surface area contributed by atoms with E-state index < -0.39 is 0 Å². The summed E-state index contributed by atoms with van der Waals surface area (Å²) >= 11 is 3.45. The molecule has 0 bridgehead atoms. The summed E-state index contributed by atoms with van der Waals surface area (Å²) in [5.41, 5.74) is 0.990. The largest absolute Gasteiger partial charge is 0.457 e. The molecule has 0 aliphatic heterocycles. The third-order valence-electron chi connectivity index (χ3n) is 2.84. The maximum Gasteiger partial charge on any atom is 0.131 e. The van der Waals surface area contributed by atoms with Crippen LogP contribution in [0.1, 0.15) is 5.56 Å². The molecule has 0 spiro atoms. The Hall–Kier alpha value is -1.43. The van der Waals surface area contributed by atoms with E-state index in [0.29, 0.717) is 24.7 Å². The second-order valence-corrected chi connectivity index (χ2v) is 5.40. The van der Waals surface area contributed by atoms with Gasteiger partial charge in [0.15, 0.2) is 0 Å². The fraction of sp³-hybridized carbons (Fsp3) is 0.250.